The smallest absolute Gasteiger partial charge is 0.228 e. The van der Waals surface area contributed by atoms with Crippen LogP contribution in [0.25, 0.3) is 0 Å². The number of piperidine rings is 1. The van der Waals surface area contributed by atoms with Gasteiger partial charge in [-0.15, -0.1) is 0 Å². The molecule has 1 heterocycles. The number of benzene rings is 1. The van der Waals surface area contributed by atoms with Crippen LogP contribution in [0.1, 0.15) is 71.3 Å². The van der Waals surface area contributed by atoms with E-state index >= 15 is 0 Å². The van der Waals surface area contributed by atoms with Gasteiger partial charge >= 0.3 is 0 Å². The normalized spacial score (nSPS) is 38.8. The Balaban J connectivity index is 1.41. The third-order valence-corrected chi connectivity index (χ3v) is 9.95. The Morgan fingerprint density at radius 3 is 2.47 bits per heavy atom. The van der Waals surface area contributed by atoms with Crippen molar-refractivity contribution in [3.8, 4) is 0 Å². The van der Waals surface area contributed by atoms with Crippen LogP contribution in [0, 0.1) is 41.4 Å². The van der Waals surface area contributed by atoms with E-state index in [0.717, 1.165) is 37.8 Å². The molecule has 172 valence electrons. The Labute approximate surface area is 192 Å². The third-order valence-electron chi connectivity index (χ3n) is 9.95. The van der Waals surface area contributed by atoms with Gasteiger partial charge in [-0.2, -0.15) is 0 Å². The van der Waals surface area contributed by atoms with Crippen molar-refractivity contribution in [2.24, 2.45) is 34.5 Å². The van der Waals surface area contributed by atoms with Gasteiger partial charge in [0.1, 0.15) is 0 Å². The Kier molecular flexibility index (Phi) is 5.07. The summed E-state index contributed by atoms with van der Waals surface area (Å²) in [6.45, 7) is 9.14. The van der Waals surface area contributed by atoms with Crippen LogP contribution >= 0.6 is 0 Å². The van der Waals surface area contributed by atoms with Gasteiger partial charge in [-0.05, 0) is 87.7 Å². The summed E-state index contributed by atoms with van der Waals surface area (Å²) in [5.41, 5.74) is 4.99. The van der Waals surface area contributed by atoms with Gasteiger partial charge in [0.25, 0.3) is 0 Å². The first-order valence-electron chi connectivity index (χ1n) is 12.5. The quantitative estimate of drug-likeness (QED) is 0.627. The number of nitrogens with one attached hydrogen (secondary N) is 1. The molecule has 0 bridgehead atoms. The SMILES string of the molecule is CC1=C2N(C)C(=O)CC[C@]2(C)[C@@H]2CC[C@]3(C)C(C(=O)Nc4ccc(C)cc4)CC[C@H]3[C@@H]2C1. The van der Waals surface area contributed by atoms with E-state index in [2.05, 4.69) is 45.1 Å². The van der Waals surface area contributed by atoms with Crippen LogP contribution in [0.5, 0.6) is 0 Å². The second-order valence-corrected chi connectivity index (χ2v) is 11.6. The highest BCUT2D eigenvalue weighted by atomic mass is 16.2. The lowest BCUT2D eigenvalue weighted by Gasteiger charge is -2.59. The van der Waals surface area contributed by atoms with Gasteiger partial charge in [-0.3, -0.25) is 9.59 Å². The predicted molar refractivity (Wildman–Crippen MR) is 128 cm³/mol. The molecule has 4 aliphatic rings. The standard InChI is InChI=1S/C28H38N2O2/c1-17-6-8-19(9-7-17)29-26(32)23-11-10-21-20-16-18(2)25-28(4,15-13-24(31)30(25)5)22(20)12-14-27(21,23)3/h6-9,20-23H,10-16H2,1-5H3,(H,29,32)/t20-,21-,22+,23?,27-,28+/m0/s1. The summed E-state index contributed by atoms with van der Waals surface area (Å²) in [5, 5.41) is 3.22. The molecule has 3 fully saturated rings. The third kappa shape index (κ3) is 3.08. The Morgan fingerprint density at radius 1 is 1.03 bits per heavy atom. The van der Waals surface area contributed by atoms with Crippen molar-refractivity contribution in [3.05, 3.63) is 41.1 Å². The van der Waals surface area contributed by atoms with Crippen LogP contribution in [0.2, 0.25) is 0 Å². The minimum atomic E-state index is 0.0699. The van der Waals surface area contributed by atoms with E-state index in [1.165, 1.54) is 23.3 Å². The minimum Gasteiger partial charge on any atom is -0.326 e. The van der Waals surface area contributed by atoms with Gasteiger partial charge in [0, 0.05) is 36.2 Å². The van der Waals surface area contributed by atoms with Crippen LogP contribution in [0.3, 0.4) is 0 Å². The van der Waals surface area contributed by atoms with E-state index in [0.29, 0.717) is 24.2 Å². The van der Waals surface area contributed by atoms with E-state index in [4.69, 9.17) is 0 Å². The summed E-state index contributed by atoms with van der Waals surface area (Å²) in [4.78, 5) is 27.8. The number of allylic oxidation sites excluding steroid dienone is 2. The number of amides is 2. The molecule has 5 rings (SSSR count). The van der Waals surface area contributed by atoms with Crippen molar-refractivity contribution in [1.29, 1.82) is 0 Å². The molecule has 0 radical (unpaired) electrons. The molecule has 4 heteroatoms. The number of fused-ring (bicyclic) bond motifs is 5. The van der Waals surface area contributed by atoms with Gasteiger partial charge in [-0.25, -0.2) is 0 Å². The molecule has 4 nitrogen and oxygen atoms in total. The fraction of sp³-hybridized carbons (Fsp3) is 0.643. The van der Waals surface area contributed by atoms with E-state index < -0.39 is 0 Å². The molecule has 6 atom stereocenters. The van der Waals surface area contributed by atoms with Gasteiger partial charge < -0.3 is 10.2 Å². The van der Waals surface area contributed by atoms with Crippen LogP contribution in [0.15, 0.2) is 35.5 Å². The number of nitrogens with zero attached hydrogens (tertiary/aromatic N) is 1. The maximum atomic E-state index is 13.4. The van der Waals surface area contributed by atoms with Crippen LogP contribution < -0.4 is 5.32 Å². The van der Waals surface area contributed by atoms with Gasteiger partial charge in [-0.1, -0.05) is 37.1 Å². The van der Waals surface area contributed by atoms with Crippen molar-refractivity contribution in [1.82, 2.24) is 4.90 Å². The first-order valence-corrected chi connectivity index (χ1v) is 12.5. The number of rotatable bonds is 2. The molecule has 1 saturated heterocycles. The number of aryl methyl sites for hydroxylation is 1. The highest BCUT2D eigenvalue weighted by molar-refractivity contribution is 5.93. The molecule has 3 aliphatic carbocycles. The summed E-state index contributed by atoms with van der Waals surface area (Å²) in [6, 6.07) is 8.14. The molecule has 1 N–H and O–H groups in total. The maximum absolute atomic E-state index is 13.4. The van der Waals surface area contributed by atoms with Crippen molar-refractivity contribution < 1.29 is 9.59 Å². The van der Waals surface area contributed by atoms with Crippen molar-refractivity contribution in [3.63, 3.8) is 0 Å². The van der Waals surface area contributed by atoms with E-state index in [9.17, 15) is 9.59 Å². The summed E-state index contributed by atoms with van der Waals surface area (Å²) in [6.07, 6.45) is 7.15. The number of anilines is 1. The molecule has 0 aromatic heterocycles. The zero-order chi connectivity index (χ0) is 22.8. The number of carbonyl (C=O) groups is 2. The molecule has 2 saturated carbocycles. The summed E-state index contributed by atoms with van der Waals surface area (Å²) in [5.74, 6) is 2.39. The zero-order valence-electron chi connectivity index (χ0n) is 20.3. The predicted octanol–water partition coefficient (Wildman–Crippen LogP) is 5.93. The second-order valence-electron chi connectivity index (χ2n) is 11.6. The highest BCUT2D eigenvalue weighted by Crippen LogP contribution is 2.66. The number of hydrogen-bond acceptors (Lipinski definition) is 2. The van der Waals surface area contributed by atoms with Gasteiger partial charge in [0.15, 0.2) is 0 Å². The fourth-order valence-electron chi connectivity index (χ4n) is 8.41. The summed E-state index contributed by atoms with van der Waals surface area (Å²) >= 11 is 0. The summed E-state index contributed by atoms with van der Waals surface area (Å²) < 4.78 is 0. The Morgan fingerprint density at radius 2 is 1.75 bits per heavy atom. The average Bonchev–Trinajstić information content (AvgIpc) is 3.10. The molecular formula is C28H38N2O2. The largest absolute Gasteiger partial charge is 0.326 e. The molecule has 2 amide bonds. The van der Waals surface area contributed by atoms with Crippen LogP contribution in [-0.4, -0.2) is 23.8 Å². The van der Waals surface area contributed by atoms with E-state index in [-0.39, 0.29) is 28.6 Å². The van der Waals surface area contributed by atoms with Crippen LogP contribution in [0.4, 0.5) is 5.69 Å². The molecule has 1 aromatic carbocycles. The van der Waals surface area contributed by atoms with Crippen molar-refractivity contribution in [2.75, 3.05) is 12.4 Å². The number of hydrogen-bond donors (Lipinski definition) is 1. The molecular weight excluding hydrogens is 396 g/mol. The average molecular weight is 435 g/mol. The van der Waals surface area contributed by atoms with E-state index in [1.54, 1.807) is 0 Å². The highest BCUT2D eigenvalue weighted by Gasteiger charge is 2.61. The first-order chi connectivity index (χ1) is 15.1. The molecule has 1 aromatic rings. The minimum absolute atomic E-state index is 0.0699. The van der Waals surface area contributed by atoms with E-state index in [1.807, 2.05) is 24.1 Å². The first kappa shape index (κ1) is 21.7. The molecule has 1 unspecified atom stereocenters. The maximum Gasteiger partial charge on any atom is 0.228 e. The lowest BCUT2D eigenvalue weighted by Crippen LogP contribution is -2.54. The Hall–Kier alpha value is -2.10. The number of likely N-dealkylation sites (tertiary alicyclic amines) is 1. The van der Waals surface area contributed by atoms with Gasteiger partial charge in [0.2, 0.25) is 11.8 Å². The lowest BCUT2D eigenvalue weighted by atomic mass is 9.48. The van der Waals surface area contributed by atoms with Crippen LogP contribution in [-0.2, 0) is 9.59 Å². The van der Waals surface area contributed by atoms with Gasteiger partial charge in [0.05, 0.1) is 0 Å². The zero-order valence-corrected chi connectivity index (χ0v) is 20.3. The van der Waals surface area contributed by atoms with Crippen molar-refractivity contribution >= 4 is 17.5 Å². The van der Waals surface area contributed by atoms with Crippen molar-refractivity contribution in [2.45, 2.75) is 72.6 Å². The topological polar surface area (TPSA) is 49.4 Å². The number of carbonyl (C=O) groups excluding carboxylic acids is 2. The summed E-state index contributed by atoms with van der Waals surface area (Å²) in [7, 11) is 1.98. The molecule has 32 heavy (non-hydrogen) atoms. The Bertz CT molecular complexity index is 980. The monoisotopic (exact) mass is 434 g/mol. The molecule has 1 aliphatic heterocycles. The second kappa shape index (κ2) is 7.46. The lowest BCUT2D eigenvalue weighted by molar-refractivity contribution is -0.137. The molecule has 0 spiro atoms. The fourth-order valence-corrected chi connectivity index (χ4v) is 8.41.